The highest BCUT2D eigenvalue weighted by atomic mass is 16.5. The van der Waals surface area contributed by atoms with Gasteiger partial charge in [-0.15, -0.1) is 0 Å². The maximum Gasteiger partial charge on any atom is 0.320 e. The minimum Gasteiger partial charge on any atom is -0.480 e. The van der Waals surface area contributed by atoms with Gasteiger partial charge in [-0.2, -0.15) is 0 Å². The van der Waals surface area contributed by atoms with Crippen LogP contribution in [0.3, 0.4) is 0 Å². The first-order chi connectivity index (χ1) is 11.9. The molecule has 0 bridgehead atoms. The minimum atomic E-state index is -0.843. The number of carbonyl (C=O) groups excluding carboxylic acids is 2. The van der Waals surface area contributed by atoms with E-state index in [9.17, 15) is 14.4 Å². The van der Waals surface area contributed by atoms with Crippen molar-refractivity contribution < 1.29 is 24.2 Å². The van der Waals surface area contributed by atoms with Crippen LogP contribution < -0.4 is 10.1 Å². The standard InChI is InChI=1S/C18H22N2O5/c1-10(18(23)24)20-7-5-12(6-8-20)16(21)13-3-4-15-14(9-13)19-17(22)11(2)25-15/h3-4,9-12H,5-8H2,1-2H3,(H,19,22)(H,23,24). The van der Waals surface area contributed by atoms with Gasteiger partial charge in [0, 0.05) is 11.5 Å². The fourth-order valence-corrected chi connectivity index (χ4v) is 3.30. The number of aliphatic carboxylic acids is 1. The van der Waals surface area contributed by atoms with E-state index in [2.05, 4.69) is 5.32 Å². The molecule has 2 aliphatic rings. The zero-order valence-electron chi connectivity index (χ0n) is 14.3. The summed E-state index contributed by atoms with van der Waals surface area (Å²) in [5, 5.41) is 11.8. The van der Waals surface area contributed by atoms with E-state index in [1.54, 1.807) is 32.0 Å². The van der Waals surface area contributed by atoms with E-state index in [1.165, 1.54) is 0 Å². The molecule has 0 saturated carbocycles. The summed E-state index contributed by atoms with van der Waals surface area (Å²) >= 11 is 0. The topological polar surface area (TPSA) is 95.9 Å². The Morgan fingerprint density at radius 2 is 2.00 bits per heavy atom. The van der Waals surface area contributed by atoms with Crippen LogP contribution >= 0.6 is 0 Å². The Kier molecular flexibility index (Phi) is 4.76. The Balaban J connectivity index is 1.68. The van der Waals surface area contributed by atoms with Crippen molar-refractivity contribution in [1.29, 1.82) is 0 Å². The van der Waals surface area contributed by atoms with Gasteiger partial charge in [-0.3, -0.25) is 19.3 Å². The van der Waals surface area contributed by atoms with Crippen LogP contribution in [0, 0.1) is 5.92 Å². The average Bonchev–Trinajstić information content (AvgIpc) is 2.61. The predicted octanol–water partition coefficient (Wildman–Crippen LogP) is 1.77. The molecule has 2 heterocycles. The number of nitrogens with zero attached hydrogens (tertiary/aromatic N) is 1. The molecule has 0 spiro atoms. The Morgan fingerprint density at radius 1 is 1.32 bits per heavy atom. The molecule has 0 radical (unpaired) electrons. The molecule has 1 fully saturated rings. The van der Waals surface area contributed by atoms with Gasteiger partial charge in [-0.05, 0) is 58.0 Å². The van der Waals surface area contributed by atoms with Crippen molar-refractivity contribution in [1.82, 2.24) is 4.90 Å². The number of piperidine rings is 1. The number of anilines is 1. The number of benzene rings is 1. The van der Waals surface area contributed by atoms with Crippen LogP contribution in [-0.2, 0) is 9.59 Å². The minimum absolute atomic E-state index is 0.0262. The van der Waals surface area contributed by atoms with Crippen LogP contribution in [0.15, 0.2) is 18.2 Å². The first kappa shape index (κ1) is 17.4. The molecule has 2 aliphatic heterocycles. The maximum absolute atomic E-state index is 12.8. The molecule has 3 rings (SSSR count). The van der Waals surface area contributed by atoms with Gasteiger partial charge in [0.2, 0.25) is 0 Å². The van der Waals surface area contributed by atoms with E-state index in [1.807, 2.05) is 4.90 Å². The van der Waals surface area contributed by atoms with Gasteiger partial charge < -0.3 is 15.2 Å². The lowest BCUT2D eigenvalue weighted by Gasteiger charge is -2.33. The maximum atomic E-state index is 12.8. The van der Waals surface area contributed by atoms with Crippen molar-refractivity contribution in [2.75, 3.05) is 18.4 Å². The lowest BCUT2D eigenvalue weighted by molar-refractivity contribution is -0.143. The number of ketones is 1. The molecule has 7 heteroatoms. The molecular weight excluding hydrogens is 324 g/mol. The summed E-state index contributed by atoms with van der Waals surface area (Å²) in [4.78, 5) is 37.4. The van der Waals surface area contributed by atoms with E-state index in [-0.39, 0.29) is 17.6 Å². The SMILES string of the molecule is CC1Oc2ccc(C(=O)C3CCN(C(C)C(=O)O)CC3)cc2NC1=O. The summed E-state index contributed by atoms with van der Waals surface area (Å²) in [5.41, 5.74) is 1.06. The number of fused-ring (bicyclic) bond motifs is 1. The van der Waals surface area contributed by atoms with E-state index >= 15 is 0 Å². The number of carboxylic acid groups (broad SMARTS) is 1. The van der Waals surface area contributed by atoms with Crippen molar-refractivity contribution in [3.8, 4) is 5.75 Å². The number of carboxylic acids is 1. The van der Waals surface area contributed by atoms with Gasteiger partial charge in [0.1, 0.15) is 11.8 Å². The smallest absolute Gasteiger partial charge is 0.320 e. The van der Waals surface area contributed by atoms with Crippen molar-refractivity contribution in [2.24, 2.45) is 5.92 Å². The van der Waals surface area contributed by atoms with Crippen LogP contribution in [0.5, 0.6) is 5.75 Å². The monoisotopic (exact) mass is 346 g/mol. The summed E-state index contributed by atoms with van der Waals surface area (Å²) < 4.78 is 5.50. The van der Waals surface area contributed by atoms with Gasteiger partial charge >= 0.3 is 5.97 Å². The second-order valence-corrected chi connectivity index (χ2v) is 6.65. The van der Waals surface area contributed by atoms with Crippen LogP contribution in [0.1, 0.15) is 37.0 Å². The summed E-state index contributed by atoms with van der Waals surface area (Å²) in [7, 11) is 0. The first-order valence-electron chi connectivity index (χ1n) is 8.49. The molecule has 0 aromatic heterocycles. The number of nitrogens with one attached hydrogen (secondary N) is 1. The molecule has 1 saturated heterocycles. The highest BCUT2D eigenvalue weighted by Gasteiger charge is 2.31. The lowest BCUT2D eigenvalue weighted by Crippen LogP contribution is -2.45. The fraction of sp³-hybridized carbons (Fsp3) is 0.500. The number of Topliss-reactive ketones (excluding diaryl/α,β-unsaturated/α-hetero) is 1. The number of rotatable bonds is 4. The van der Waals surface area contributed by atoms with Crippen molar-refractivity contribution in [3.63, 3.8) is 0 Å². The number of carbonyl (C=O) groups is 3. The van der Waals surface area contributed by atoms with Crippen LogP contribution in [0.25, 0.3) is 0 Å². The first-order valence-corrected chi connectivity index (χ1v) is 8.49. The van der Waals surface area contributed by atoms with Gasteiger partial charge in [0.15, 0.2) is 11.9 Å². The van der Waals surface area contributed by atoms with Crippen LogP contribution in [-0.4, -0.2) is 52.9 Å². The molecule has 7 nitrogen and oxygen atoms in total. The van der Waals surface area contributed by atoms with E-state index in [0.717, 1.165) is 0 Å². The van der Waals surface area contributed by atoms with E-state index in [0.29, 0.717) is 42.9 Å². The van der Waals surface area contributed by atoms with Gasteiger partial charge in [0.05, 0.1) is 5.69 Å². The molecule has 2 N–H and O–H groups in total. The quantitative estimate of drug-likeness (QED) is 0.807. The zero-order chi connectivity index (χ0) is 18.1. The van der Waals surface area contributed by atoms with Crippen molar-refractivity contribution in [3.05, 3.63) is 23.8 Å². The van der Waals surface area contributed by atoms with Crippen molar-refractivity contribution >= 4 is 23.3 Å². The van der Waals surface area contributed by atoms with Crippen molar-refractivity contribution in [2.45, 2.75) is 38.8 Å². The third-order valence-electron chi connectivity index (χ3n) is 5.00. The molecule has 1 amide bonds. The molecule has 2 unspecified atom stereocenters. The Hall–Kier alpha value is -2.41. The Morgan fingerprint density at radius 3 is 2.64 bits per heavy atom. The fourth-order valence-electron chi connectivity index (χ4n) is 3.30. The normalized spacial score (nSPS) is 22.5. The second-order valence-electron chi connectivity index (χ2n) is 6.65. The number of ether oxygens (including phenoxy) is 1. The molecule has 25 heavy (non-hydrogen) atoms. The Labute approximate surface area is 146 Å². The summed E-state index contributed by atoms with van der Waals surface area (Å²) in [6, 6.07) is 4.56. The van der Waals surface area contributed by atoms with Crippen LogP contribution in [0.2, 0.25) is 0 Å². The second kappa shape index (κ2) is 6.84. The summed E-state index contributed by atoms with van der Waals surface area (Å²) in [5.74, 6) is -0.612. The molecule has 0 aliphatic carbocycles. The van der Waals surface area contributed by atoms with Crippen LogP contribution in [0.4, 0.5) is 5.69 Å². The molecule has 1 aromatic rings. The van der Waals surface area contributed by atoms with Gasteiger partial charge in [0.25, 0.3) is 5.91 Å². The largest absolute Gasteiger partial charge is 0.480 e. The molecule has 134 valence electrons. The average molecular weight is 346 g/mol. The Bertz CT molecular complexity index is 709. The van der Waals surface area contributed by atoms with E-state index in [4.69, 9.17) is 9.84 Å². The van der Waals surface area contributed by atoms with E-state index < -0.39 is 18.1 Å². The van der Waals surface area contributed by atoms with Gasteiger partial charge in [-0.1, -0.05) is 0 Å². The summed E-state index contributed by atoms with van der Waals surface area (Å²) in [6.45, 7) is 4.51. The number of amides is 1. The molecular formula is C18H22N2O5. The number of likely N-dealkylation sites (tertiary alicyclic amines) is 1. The molecule has 1 aromatic carbocycles. The third-order valence-corrected chi connectivity index (χ3v) is 5.00. The summed E-state index contributed by atoms with van der Waals surface area (Å²) in [6.07, 6.45) is 0.718. The number of hydrogen-bond acceptors (Lipinski definition) is 5. The third kappa shape index (κ3) is 3.51. The van der Waals surface area contributed by atoms with Gasteiger partial charge in [-0.25, -0.2) is 0 Å². The predicted molar refractivity (Wildman–Crippen MR) is 90.9 cm³/mol. The zero-order valence-corrected chi connectivity index (χ0v) is 14.3. The molecule has 2 atom stereocenters. The highest BCUT2D eigenvalue weighted by Crippen LogP contribution is 2.32. The highest BCUT2D eigenvalue weighted by molar-refractivity contribution is 6.02. The lowest BCUT2D eigenvalue weighted by atomic mass is 9.88. The number of hydrogen-bond donors (Lipinski definition) is 2.